The summed E-state index contributed by atoms with van der Waals surface area (Å²) in [5.41, 5.74) is 1.39. The first kappa shape index (κ1) is 17.8. The summed E-state index contributed by atoms with van der Waals surface area (Å²) < 4.78 is 10.4. The van der Waals surface area contributed by atoms with Crippen molar-refractivity contribution in [2.24, 2.45) is 0 Å². The van der Waals surface area contributed by atoms with E-state index in [1.54, 1.807) is 24.3 Å². The minimum atomic E-state index is -1.45. The van der Waals surface area contributed by atoms with Crippen LogP contribution in [0.1, 0.15) is 12.5 Å². The molecule has 0 saturated carbocycles. The molecule has 1 saturated heterocycles. The molecule has 1 heterocycles. The molecule has 8 heteroatoms. The lowest BCUT2D eigenvalue weighted by Crippen LogP contribution is -2.59. The highest BCUT2D eigenvalue weighted by Crippen LogP contribution is 2.23. The van der Waals surface area contributed by atoms with E-state index < -0.39 is 37.3 Å². The number of amides is 1. The van der Waals surface area contributed by atoms with E-state index in [2.05, 4.69) is 5.32 Å². The van der Waals surface area contributed by atoms with Crippen LogP contribution in [0.15, 0.2) is 24.3 Å². The Bertz CT molecular complexity index is 521. The van der Waals surface area contributed by atoms with Gasteiger partial charge in [0.25, 0.3) is 0 Å². The zero-order valence-corrected chi connectivity index (χ0v) is 12.6. The van der Waals surface area contributed by atoms with Crippen LogP contribution in [-0.4, -0.2) is 63.6 Å². The molecule has 1 amide bonds. The standard InChI is InChI=1S/C15H21NO7/c1-8(18)16-10-4-2-9(3-5-10)7-22-14-13(20)12(19)11(6-17)23-15(14)21/h2-5,11-15,17,19-21H,6-7H2,1H3,(H,16,18)/t11-,12-,13+,14+,15?/m1/s1. The maximum atomic E-state index is 10.9. The van der Waals surface area contributed by atoms with Crippen molar-refractivity contribution in [3.8, 4) is 0 Å². The molecule has 0 radical (unpaired) electrons. The largest absolute Gasteiger partial charge is 0.394 e. The highest BCUT2D eigenvalue weighted by Gasteiger charge is 2.44. The third-order valence-electron chi connectivity index (χ3n) is 3.56. The second-order valence-corrected chi connectivity index (χ2v) is 5.38. The second-order valence-electron chi connectivity index (χ2n) is 5.38. The summed E-state index contributed by atoms with van der Waals surface area (Å²) in [7, 11) is 0. The summed E-state index contributed by atoms with van der Waals surface area (Å²) in [5.74, 6) is -0.174. The number of carbonyl (C=O) groups is 1. The molecule has 1 fully saturated rings. The molecule has 0 aromatic heterocycles. The highest BCUT2D eigenvalue weighted by atomic mass is 16.7. The molecule has 1 aromatic rings. The lowest BCUT2D eigenvalue weighted by atomic mass is 9.99. The first-order chi connectivity index (χ1) is 10.9. The Labute approximate surface area is 133 Å². The number of aliphatic hydroxyl groups excluding tert-OH is 4. The summed E-state index contributed by atoms with van der Waals surface area (Å²) >= 11 is 0. The number of ether oxygens (including phenoxy) is 2. The van der Waals surface area contributed by atoms with E-state index in [1.165, 1.54) is 6.92 Å². The third kappa shape index (κ3) is 4.47. The summed E-state index contributed by atoms with van der Waals surface area (Å²) in [5, 5.41) is 41.2. The lowest BCUT2D eigenvalue weighted by Gasteiger charge is -2.39. The van der Waals surface area contributed by atoms with Crippen molar-refractivity contribution in [2.45, 2.75) is 44.2 Å². The number of nitrogens with one attached hydrogen (secondary N) is 1. The fraction of sp³-hybridized carbons (Fsp3) is 0.533. The van der Waals surface area contributed by atoms with Crippen LogP contribution in [0.4, 0.5) is 5.69 Å². The number of anilines is 1. The average Bonchev–Trinajstić information content (AvgIpc) is 2.51. The molecule has 23 heavy (non-hydrogen) atoms. The Morgan fingerprint density at radius 2 is 1.87 bits per heavy atom. The molecule has 0 bridgehead atoms. The fourth-order valence-corrected chi connectivity index (χ4v) is 2.33. The van der Waals surface area contributed by atoms with Crippen molar-refractivity contribution < 1.29 is 34.7 Å². The van der Waals surface area contributed by atoms with E-state index in [0.717, 1.165) is 5.56 Å². The van der Waals surface area contributed by atoms with Gasteiger partial charge in [-0.2, -0.15) is 0 Å². The van der Waals surface area contributed by atoms with Crippen molar-refractivity contribution >= 4 is 11.6 Å². The van der Waals surface area contributed by atoms with Crippen molar-refractivity contribution in [3.05, 3.63) is 29.8 Å². The molecule has 8 nitrogen and oxygen atoms in total. The summed E-state index contributed by atoms with van der Waals surface area (Å²) in [6.45, 7) is 0.958. The maximum Gasteiger partial charge on any atom is 0.221 e. The average molecular weight is 327 g/mol. The fourth-order valence-electron chi connectivity index (χ4n) is 2.33. The number of benzene rings is 1. The van der Waals surface area contributed by atoms with Crippen LogP contribution in [0.2, 0.25) is 0 Å². The third-order valence-corrected chi connectivity index (χ3v) is 3.56. The zero-order chi connectivity index (χ0) is 17.0. The zero-order valence-electron chi connectivity index (χ0n) is 12.6. The lowest BCUT2D eigenvalue weighted by molar-refractivity contribution is -0.298. The van der Waals surface area contributed by atoms with Gasteiger partial charge < -0.3 is 35.2 Å². The van der Waals surface area contributed by atoms with E-state index in [-0.39, 0.29) is 12.5 Å². The number of aliphatic hydroxyl groups is 4. The Hall–Kier alpha value is -1.55. The van der Waals surface area contributed by atoms with Gasteiger partial charge in [0.2, 0.25) is 5.91 Å². The molecule has 1 aromatic carbocycles. The van der Waals surface area contributed by atoms with Gasteiger partial charge in [-0.3, -0.25) is 4.79 Å². The smallest absolute Gasteiger partial charge is 0.221 e. The Morgan fingerprint density at radius 3 is 2.43 bits per heavy atom. The van der Waals surface area contributed by atoms with Crippen molar-refractivity contribution in [1.29, 1.82) is 0 Å². The SMILES string of the molecule is CC(=O)Nc1ccc(CO[C@@H]2C(O)O[C@H](CO)[C@@H](O)[C@@H]2O)cc1. The molecule has 128 valence electrons. The quantitative estimate of drug-likeness (QED) is 0.467. The number of carbonyl (C=O) groups excluding carboxylic acids is 1. The number of hydrogen-bond acceptors (Lipinski definition) is 7. The molecule has 1 unspecified atom stereocenters. The molecular formula is C15H21NO7. The minimum absolute atomic E-state index is 0.0685. The maximum absolute atomic E-state index is 10.9. The molecule has 0 aliphatic carbocycles. The van der Waals surface area contributed by atoms with E-state index in [4.69, 9.17) is 14.6 Å². The molecule has 2 rings (SSSR count). The highest BCUT2D eigenvalue weighted by molar-refractivity contribution is 5.88. The van der Waals surface area contributed by atoms with Crippen LogP contribution in [0.5, 0.6) is 0 Å². The van der Waals surface area contributed by atoms with Gasteiger partial charge in [0.15, 0.2) is 6.29 Å². The van der Waals surface area contributed by atoms with E-state index in [0.29, 0.717) is 5.69 Å². The van der Waals surface area contributed by atoms with Gasteiger partial charge in [-0.25, -0.2) is 0 Å². The van der Waals surface area contributed by atoms with Crippen LogP contribution < -0.4 is 5.32 Å². The van der Waals surface area contributed by atoms with Gasteiger partial charge in [-0.1, -0.05) is 12.1 Å². The predicted octanol–water partition coefficient (Wildman–Crippen LogP) is -1.04. The van der Waals surface area contributed by atoms with Crippen LogP contribution in [-0.2, 0) is 20.9 Å². The normalized spacial score (nSPS) is 30.9. The van der Waals surface area contributed by atoms with Crippen LogP contribution in [0.3, 0.4) is 0 Å². The van der Waals surface area contributed by atoms with Crippen molar-refractivity contribution in [3.63, 3.8) is 0 Å². The summed E-state index contributed by atoms with van der Waals surface area (Å²) in [4.78, 5) is 10.9. The number of rotatable bonds is 5. The first-order valence-electron chi connectivity index (χ1n) is 7.21. The monoisotopic (exact) mass is 327 g/mol. The Kier molecular flexibility index (Phi) is 6.05. The summed E-state index contributed by atoms with van der Waals surface area (Å²) in [6.07, 6.45) is -6.38. The van der Waals surface area contributed by atoms with Crippen LogP contribution in [0.25, 0.3) is 0 Å². The van der Waals surface area contributed by atoms with Crippen molar-refractivity contribution in [1.82, 2.24) is 0 Å². The predicted molar refractivity (Wildman–Crippen MR) is 79.3 cm³/mol. The van der Waals surface area contributed by atoms with Gasteiger partial charge >= 0.3 is 0 Å². The van der Waals surface area contributed by atoms with Gasteiger partial charge in [0, 0.05) is 12.6 Å². The van der Waals surface area contributed by atoms with E-state index >= 15 is 0 Å². The van der Waals surface area contributed by atoms with Gasteiger partial charge in [0.05, 0.1) is 13.2 Å². The van der Waals surface area contributed by atoms with E-state index in [1.807, 2.05) is 0 Å². The second kappa shape index (κ2) is 7.82. The molecule has 1 aliphatic heterocycles. The molecular weight excluding hydrogens is 306 g/mol. The Morgan fingerprint density at radius 1 is 1.22 bits per heavy atom. The Balaban J connectivity index is 1.93. The van der Waals surface area contributed by atoms with Gasteiger partial charge in [-0.05, 0) is 17.7 Å². The van der Waals surface area contributed by atoms with E-state index in [9.17, 15) is 20.1 Å². The molecule has 1 aliphatic rings. The molecule has 5 N–H and O–H groups in total. The van der Waals surface area contributed by atoms with Gasteiger partial charge in [-0.15, -0.1) is 0 Å². The summed E-state index contributed by atoms with van der Waals surface area (Å²) in [6, 6.07) is 6.84. The van der Waals surface area contributed by atoms with Crippen LogP contribution in [0, 0.1) is 0 Å². The topological polar surface area (TPSA) is 128 Å². The number of hydrogen-bond donors (Lipinski definition) is 5. The molecule has 5 atom stereocenters. The molecule has 0 spiro atoms. The van der Waals surface area contributed by atoms with Crippen LogP contribution >= 0.6 is 0 Å². The first-order valence-corrected chi connectivity index (χ1v) is 7.21. The van der Waals surface area contributed by atoms with Crippen molar-refractivity contribution in [2.75, 3.05) is 11.9 Å². The minimum Gasteiger partial charge on any atom is -0.394 e. The van der Waals surface area contributed by atoms with Gasteiger partial charge in [0.1, 0.15) is 24.4 Å².